The Bertz CT molecular complexity index is 896. The van der Waals surface area contributed by atoms with E-state index in [-0.39, 0.29) is 5.82 Å². The number of aromatic nitrogens is 1. The van der Waals surface area contributed by atoms with Crippen LogP contribution >= 0.6 is 11.3 Å². The van der Waals surface area contributed by atoms with Crippen molar-refractivity contribution in [3.63, 3.8) is 0 Å². The average molecular weight is 388 g/mol. The first-order valence-electron chi connectivity index (χ1n) is 9.58. The molecule has 0 bridgehead atoms. The lowest BCUT2D eigenvalue weighted by Gasteiger charge is -2.31. The summed E-state index contributed by atoms with van der Waals surface area (Å²) in [5.74, 6) is 0.128. The van der Waals surface area contributed by atoms with Gasteiger partial charge >= 0.3 is 0 Å². The lowest BCUT2D eigenvalue weighted by atomic mass is 9.91. The van der Waals surface area contributed by atoms with Crippen LogP contribution in [0, 0.1) is 5.82 Å². The van der Waals surface area contributed by atoms with E-state index in [2.05, 4.69) is 41.2 Å². The van der Waals surface area contributed by atoms with Crippen LogP contribution in [-0.2, 0) is 13.0 Å². The Balaban J connectivity index is 1.30. The summed E-state index contributed by atoms with van der Waals surface area (Å²) in [7, 11) is 4.22. The number of benzene rings is 1. The van der Waals surface area contributed by atoms with Gasteiger partial charge in [-0.1, -0.05) is 5.16 Å². The molecule has 1 aliphatic rings. The molecule has 0 unspecified atom stereocenters. The highest BCUT2D eigenvalue weighted by molar-refractivity contribution is 7.11. The Morgan fingerprint density at radius 1 is 1.19 bits per heavy atom. The molecule has 144 valence electrons. The lowest BCUT2D eigenvalue weighted by Crippen LogP contribution is -2.34. The van der Waals surface area contributed by atoms with Gasteiger partial charge in [-0.2, -0.15) is 0 Å². The van der Waals surface area contributed by atoms with E-state index in [0.717, 1.165) is 56.5 Å². The Morgan fingerprint density at radius 2 is 1.96 bits per heavy atom. The molecule has 4 rings (SSSR count). The summed E-state index contributed by atoms with van der Waals surface area (Å²) in [5.41, 5.74) is 1.55. The largest absolute Gasteiger partial charge is 0.356 e. The van der Waals surface area contributed by atoms with Crippen LogP contribution in [0.1, 0.15) is 34.2 Å². The number of piperidine rings is 1. The first-order chi connectivity index (χ1) is 13.1. The third-order valence-electron chi connectivity index (χ3n) is 5.30. The van der Waals surface area contributed by atoms with Crippen LogP contribution in [0.15, 0.2) is 34.9 Å². The van der Waals surface area contributed by atoms with Crippen LogP contribution in [0.2, 0.25) is 0 Å². The predicted molar refractivity (Wildman–Crippen MR) is 108 cm³/mol. The molecule has 3 heterocycles. The third kappa shape index (κ3) is 4.39. The normalized spacial score (nSPS) is 16.6. The molecule has 0 radical (unpaired) electrons. The molecule has 2 aromatic heterocycles. The fourth-order valence-corrected chi connectivity index (χ4v) is 5.00. The van der Waals surface area contributed by atoms with Crippen molar-refractivity contribution in [1.29, 1.82) is 0 Å². The van der Waals surface area contributed by atoms with Gasteiger partial charge < -0.3 is 14.3 Å². The molecule has 0 aliphatic carbocycles. The van der Waals surface area contributed by atoms with E-state index < -0.39 is 0 Å². The minimum Gasteiger partial charge on any atom is -0.356 e. The summed E-state index contributed by atoms with van der Waals surface area (Å²) >= 11 is 1.93. The molecule has 27 heavy (non-hydrogen) atoms. The van der Waals surface area contributed by atoms with Crippen LogP contribution in [0.3, 0.4) is 0 Å². The van der Waals surface area contributed by atoms with Gasteiger partial charge in [0.25, 0.3) is 0 Å². The third-order valence-corrected chi connectivity index (χ3v) is 6.43. The van der Waals surface area contributed by atoms with Crippen LogP contribution in [0.4, 0.5) is 4.39 Å². The molecule has 1 aromatic carbocycles. The highest BCUT2D eigenvalue weighted by Gasteiger charge is 2.25. The minimum atomic E-state index is -0.276. The second-order valence-corrected chi connectivity index (χ2v) is 8.93. The van der Waals surface area contributed by atoms with Crippen LogP contribution in [0.25, 0.3) is 11.0 Å². The summed E-state index contributed by atoms with van der Waals surface area (Å²) < 4.78 is 18.7. The zero-order chi connectivity index (χ0) is 18.8. The number of rotatable bonds is 6. The van der Waals surface area contributed by atoms with Crippen molar-refractivity contribution in [2.45, 2.75) is 31.7 Å². The monoisotopic (exact) mass is 387 g/mol. The van der Waals surface area contributed by atoms with Crippen LogP contribution in [-0.4, -0.2) is 48.7 Å². The number of hydrogen-bond acceptors (Lipinski definition) is 5. The van der Waals surface area contributed by atoms with E-state index in [0.29, 0.717) is 11.5 Å². The van der Waals surface area contributed by atoms with Gasteiger partial charge in [-0.3, -0.25) is 0 Å². The molecule has 0 atom stereocenters. The maximum atomic E-state index is 13.3. The van der Waals surface area contributed by atoms with Gasteiger partial charge in [-0.25, -0.2) is 4.39 Å². The first kappa shape index (κ1) is 18.6. The summed E-state index contributed by atoms with van der Waals surface area (Å²) in [6, 6.07) is 9.24. The number of likely N-dealkylation sites (tertiary alicyclic amines) is 1. The van der Waals surface area contributed by atoms with Gasteiger partial charge in [-0.15, -0.1) is 11.3 Å². The molecule has 0 N–H and O–H groups in total. The Labute approximate surface area is 163 Å². The van der Waals surface area contributed by atoms with Gasteiger partial charge in [0.15, 0.2) is 5.58 Å². The zero-order valence-electron chi connectivity index (χ0n) is 15.9. The zero-order valence-corrected chi connectivity index (χ0v) is 16.8. The van der Waals surface area contributed by atoms with Gasteiger partial charge in [0.05, 0.1) is 5.69 Å². The number of thiophene rings is 1. The molecule has 0 saturated carbocycles. The fourth-order valence-electron chi connectivity index (χ4n) is 3.88. The highest BCUT2D eigenvalue weighted by atomic mass is 32.1. The fraction of sp³-hybridized carbons (Fsp3) is 0.476. The molecule has 1 saturated heterocycles. The number of hydrogen-bond donors (Lipinski definition) is 0. The van der Waals surface area contributed by atoms with E-state index in [1.807, 2.05) is 11.3 Å². The maximum absolute atomic E-state index is 13.3. The van der Waals surface area contributed by atoms with E-state index in [9.17, 15) is 4.39 Å². The molecule has 6 heteroatoms. The molecule has 1 aliphatic heterocycles. The van der Waals surface area contributed by atoms with E-state index in [1.165, 1.54) is 21.9 Å². The summed E-state index contributed by atoms with van der Waals surface area (Å²) in [5, 5.41) is 5.20. The standard InChI is InChI=1S/C21H26FN3OS/c1-24(2)14-18-5-4-17(27-18)9-12-25-10-7-15(8-11-25)21-19-6-3-16(22)13-20(19)26-23-21/h3-6,13,15H,7-12,14H2,1-2H3. The predicted octanol–water partition coefficient (Wildman–Crippen LogP) is 4.51. The molecule has 0 amide bonds. The summed E-state index contributed by atoms with van der Waals surface area (Å²) in [6.45, 7) is 4.29. The van der Waals surface area contributed by atoms with E-state index in [4.69, 9.17) is 4.52 Å². The Morgan fingerprint density at radius 3 is 2.74 bits per heavy atom. The molecule has 3 aromatic rings. The Kier molecular flexibility index (Phi) is 5.57. The second-order valence-electron chi connectivity index (χ2n) is 7.68. The molecule has 0 spiro atoms. The van der Waals surface area contributed by atoms with Gasteiger partial charge in [0.2, 0.25) is 0 Å². The topological polar surface area (TPSA) is 32.5 Å². The Hall–Kier alpha value is -1.76. The summed E-state index contributed by atoms with van der Waals surface area (Å²) in [4.78, 5) is 7.66. The molecular weight excluding hydrogens is 361 g/mol. The molecular formula is C21H26FN3OS. The lowest BCUT2D eigenvalue weighted by molar-refractivity contribution is 0.212. The summed E-state index contributed by atoms with van der Waals surface area (Å²) in [6.07, 6.45) is 3.28. The van der Waals surface area contributed by atoms with Crippen LogP contribution in [0.5, 0.6) is 0 Å². The van der Waals surface area contributed by atoms with Crippen molar-refractivity contribution in [3.8, 4) is 0 Å². The van der Waals surface area contributed by atoms with Crippen molar-refractivity contribution in [3.05, 3.63) is 51.6 Å². The van der Waals surface area contributed by atoms with E-state index in [1.54, 1.807) is 6.07 Å². The van der Waals surface area contributed by atoms with Crippen molar-refractivity contribution in [1.82, 2.24) is 15.0 Å². The average Bonchev–Trinajstić information content (AvgIpc) is 3.26. The number of halogens is 1. The van der Waals surface area contributed by atoms with Gasteiger partial charge in [-0.05, 0) is 70.7 Å². The number of fused-ring (bicyclic) bond motifs is 1. The molecule has 1 fully saturated rings. The van der Waals surface area contributed by atoms with Gasteiger partial charge in [0, 0.05) is 40.2 Å². The van der Waals surface area contributed by atoms with E-state index >= 15 is 0 Å². The van der Waals surface area contributed by atoms with Crippen LogP contribution < -0.4 is 0 Å². The second kappa shape index (κ2) is 8.09. The van der Waals surface area contributed by atoms with Crippen molar-refractivity contribution in [2.75, 3.05) is 33.7 Å². The quantitative estimate of drug-likeness (QED) is 0.623. The smallest absolute Gasteiger partial charge is 0.170 e. The van der Waals surface area contributed by atoms with Gasteiger partial charge in [0.1, 0.15) is 5.82 Å². The van der Waals surface area contributed by atoms with Crippen molar-refractivity contribution < 1.29 is 8.91 Å². The number of nitrogens with zero attached hydrogens (tertiary/aromatic N) is 3. The SMILES string of the molecule is CN(C)Cc1ccc(CCN2CCC(c3noc4cc(F)ccc34)CC2)s1. The molecule has 4 nitrogen and oxygen atoms in total. The van der Waals surface area contributed by atoms with Crippen molar-refractivity contribution in [2.24, 2.45) is 0 Å². The first-order valence-corrected chi connectivity index (χ1v) is 10.4. The van der Waals surface area contributed by atoms with Crippen molar-refractivity contribution >= 4 is 22.3 Å². The minimum absolute atomic E-state index is 0.276. The highest BCUT2D eigenvalue weighted by Crippen LogP contribution is 2.33. The maximum Gasteiger partial charge on any atom is 0.170 e.